The number of hydrogen-bond donors (Lipinski definition) is 2. The normalized spacial score (nSPS) is 17.5. The van der Waals surface area contributed by atoms with E-state index < -0.39 is 28.3 Å². The predicted molar refractivity (Wildman–Crippen MR) is 77.6 cm³/mol. The van der Waals surface area contributed by atoms with Gasteiger partial charge in [-0.05, 0) is 19.3 Å². The van der Waals surface area contributed by atoms with Crippen LogP contribution >= 0.6 is 0 Å². The highest BCUT2D eigenvalue weighted by molar-refractivity contribution is 7.85. The summed E-state index contributed by atoms with van der Waals surface area (Å²) in [6.45, 7) is 1.47. The van der Waals surface area contributed by atoms with Crippen LogP contribution < -0.4 is 5.32 Å². The third-order valence-corrected chi connectivity index (χ3v) is 4.15. The predicted octanol–water partition coefficient (Wildman–Crippen LogP) is 1.46. The summed E-state index contributed by atoms with van der Waals surface area (Å²) in [4.78, 5) is 23.2. The number of rotatable bonds is 7. The van der Waals surface area contributed by atoms with Gasteiger partial charge in [-0.15, -0.1) is 0 Å². The first-order valence-electron chi connectivity index (χ1n) is 7.38. The lowest BCUT2D eigenvalue weighted by Gasteiger charge is -2.22. The topological polar surface area (TPSA) is 119 Å². The first kappa shape index (κ1) is 18.7. The van der Waals surface area contributed by atoms with E-state index >= 15 is 0 Å². The van der Waals surface area contributed by atoms with E-state index in [9.17, 15) is 18.0 Å². The van der Waals surface area contributed by atoms with Crippen molar-refractivity contribution in [2.45, 2.75) is 51.7 Å². The molecule has 1 atom stereocenters. The van der Waals surface area contributed by atoms with Crippen molar-refractivity contribution < 1.29 is 32.0 Å². The maximum atomic E-state index is 11.8. The Morgan fingerprint density at radius 1 is 1.23 bits per heavy atom. The second-order valence-corrected chi connectivity index (χ2v) is 6.88. The monoisotopic (exact) mass is 337 g/mol. The van der Waals surface area contributed by atoms with Gasteiger partial charge in [0, 0.05) is 13.5 Å². The van der Waals surface area contributed by atoms with Crippen LogP contribution in [0.15, 0.2) is 0 Å². The molecule has 1 unspecified atom stereocenters. The lowest BCUT2D eigenvalue weighted by Crippen LogP contribution is -2.33. The zero-order valence-corrected chi connectivity index (χ0v) is 13.4. The number of hydrogen-bond acceptors (Lipinski definition) is 6. The van der Waals surface area contributed by atoms with E-state index in [1.165, 1.54) is 6.92 Å². The van der Waals surface area contributed by atoms with Crippen molar-refractivity contribution >= 4 is 22.2 Å². The minimum atomic E-state index is -4.03. The summed E-state index contributed by atoms with van der Waals surface area (Å²) < 4.78 is 39.4. The maximum absolute atomic E-state index is 11.8. The highest BCUT2D eigenvalue weighted by Gasteiger charge is 2.25. The molecule has 128 valence electrons. The fraction of sp³-hybridized carbons (Fsp3) is 0.846. The third kappa shape index (κ3) is 8.18. The molecule has 0 radical (unpaired) electrons. The Balaban J connectivity index is 2.18. The second kappa shape index (κ2) is 8.94. The van der Waals surface area contributed by atoms with Crippen molar-refractivity contribution in [2.75, 3.05) is 12.3 Å². The molecule has 0 aromatic carbocycles. The summed E-state index contributed by atoms with van der Waals surface area (Å²) in [5.41, 5.74) is 0. The molecule has 0 aliphatic heterocycles. The average Bonchev–Trinajstić information content (AvgIpc) is 2.43. The van der Waals surface area contributed by atoms with E-state index in [0.29, 0.717) is 0 Å². The van der Waals surface area contributed by atoms with Crippen molar-refractivity contribution in [3.8, 4) is 0 Å². The molecule has 1 fully saturated rings. The summed E-state index contributed by atoms with van der Waals surface area (Å²) in [6.07, 6.45) is 2.98. The van der Waals surface area contributed by atoms with E-state index in [-0.39, 0.29) is 24.9 Å². The SMILES string of the molecule is CC(OC(=O)NCCCS(=O)(=O)O)OC(=O)C1CCCCC1. The Morgan fingerprint density at radius 3 is 2.45 bits per heavy atom. The first-order valence-corrected chi connectivity index (χ1v) is 8.99. The highest BCUT2D eigenvalue weighted by Crippen LogP contribution is 2.25. The molecular weight excluding hydrogens is 314 g/mol. The number of ether oxygens (including phenoxy) is 2. The van der Waals surface area contributed by atoms with Crippen LogP contribution in [0.2, 0.25) is 0 Å². The van der Waals surface area contributed by atoms with Gasteiger partial charge in [-0.3, -0.25) is 9.35 Å². The van der Waals surface area contributed by atoms with Gasteiger partial charge in [-0.25, -0.2) is 4.79 Å². The van der Waals surface area contributed by atoms with Crippen molar-refractivity contribution in [1.29, 1.82) is 0 Å². The summed E-state index contributed by atoms with van der Waals surface area (Å²) >= 11 is 0. The highest BCUT2D eigenvalue weighted by atomic mass is 32.2. The van der Waals surface area contributed by atoms with E-state index in [1.54, 1.807) is 0 Å². The molecule has 1 saturated carbocycles. The van der Waals surface area contributed by atoms with E-state index in [0.717, 1.165) is 32.1 Å². The van der Waals surface area contributed by atoms with E-state index in [2.05, 4.69) is 5.32 Å². The number of nitrogens with one attached hydrogen (secondary N) is 1. The Labute approximate surface area is 130 Å². The van der Waals surface area contributed by atoms with Crippen LogP contribution in [-0.4, -0.2) is 43.6 Å². The average molecular weight is 337 g/mol. The van der Waals surface area contributed by atoms with Gasteiger partial charge >= 0.3 is 12.1 Å². The third-order valence-electron chi connectivity index (χ3n) is 3.34. The minimum absolute atomic E-state index is 0.0297. The number of esters is 1. The van der Waals surface area contributed by atoms with Gasteiger partial charge in [0.1, 0.15) is 0 Å². The zero-order valence-electron chi connectivity index (χ0n) is 12.6. The van der Waals surface area contributed by atoms with Crippen LogP contribution in [0.25, 0.3) is 0 Å². The molecule has 1 rings (SSSR count). The molecule has 0 aromatic rings. The zero-order chi connectivity index (χ0) is 16.6. The Kier molecular flexibility index (Phi) is 7.60. The lowest BCUT2D eigenvalue weighted by molar-refractivity contribution is -0.170. The molecule has 0 spiro atoms. The summed E-state index contributed by atoms with van der Waals surface area (Å²) in [5, 5.41) is 2.31. The molecule has 9 heteroatoms. The maximum Gasteiger partial charge on any atom is 0.410 e. The number of amides is 1. The standard InChI is InChI=1S/C13H23NO7S/c1-10(20-12(15)11-6-3-2-4-7-11)21-13(16)14-8-5-9-22(17,18)19/h10-11H,2-9H2,1H3,(H,14,16)(H,17,18,19). The van der Waals surface area contributed by atoms with Gasteiger partial charge in [0.2, 0.25) is 6.29 Å². The Morgan fingerprint density at radius 2 is 1.86 bits per heavy atom. The first-order chi connectivity index (χ1) is 10.3. The van der Waals surface area contributed by atoms with Crippen LogP contribution in [0.1, 0.15) is 45.4 Å². The van der Waals surface area contributed by atoms with Crippen molar-refractivity contribution in [1.82, 2.24) is 5.32 Å². The largest absolute Gasteiger partial charge is 0.425 e. The van der Waals surface area contributed by atoms with Gasteiger partial charge in [-0.2, -0.15) is 8.42 Å². The van der Waals surface area contributed by atoms with Gasteiger partial charge in [-0.1, -0.05) is 19.3 Å². The summed E-state index contributed by atoms with van der Waals surface area (Å²) in [6, 6.07) is 0. The van der Waals surface area contributed by atoms with Gasteiger partial charge < -0.3 is 14.8 Å². The smallest absolute Gasteiger partial charge is 0.410 e. The van der Waals surface area contributed by atoms with Crippen LogP contribution in [-0.2, 0) is 24.4 Å². The molecule has 0 aromatic heterocycles. The minimum Gasteiger partial charge on any atom is -0.425 e. The molecule has 0 bridgehead atoms. The van der Waals surface area contributed by atoms with Gasteiger partial charge in [0.25, 0.3) is 10.1 Å². The fourth-order valence-electron chi connectivity index (χ4n) is 2.26. The van der Waals surface area contributed by atoms with E-state index in [4.69, 9.17) is 14.0 Å². The molecule has 1 aliphatic carbocycles. The molecule has 1 amide bonds. The number of alkyl carbamates (subject to hydrolysis) is 1. The Bertz CT molecular complexity index is 471. The van der Waals surface area contributed by atoms with Crippen molar-refractivity contribution in [3.05, 3.63) is 0 Å². The molecule has 0 saturated heterocycles. The lowest BCUT2D eigenvalue weighted by atomic mass is 9.89. The summed E-state index contributed by atoms with van der Waals surface area (Å²) in [5.74, 6) is -0.927. The van der Waals surface area contributed by atoms with Gasteiger partial charge in [0.05, 0.1) is 11.7 Å². The van der Waals surface area contributed by atoms with Gasteiger partial charge in [0.15, 0.2) is 0 Å². The molecule has 22 heavy (non-hydrogen) atoms. The Hall–Kier alpha value is -1.35. The van der Waals surface area contributed by atoms with E-state index in [1.807, 2.05) is 0 Å². The molecule has 1 aliphatic rings. The number of carbonyl (C=O) groups is 2. The number of carbonyl (C=O) groups excluding carboxylic acids is 2. The van der Waals surface area contributed by atoms with Crippen LogP contribution in [0.4, 0.5) is 4.79 Å². The summed E-state index contributed by atoms with van der Waals surface area (Å²) in [7, 11) is -4.03. The molecular formula is C13H23NO7S. The molecule has 8 nitrogen and oxygen atoms in total. The van der Waals surface area contributed by atoms with Crippen LogP contribution in [0.3, 0.4) is 0 Å². The van der Waals surface area contributed by atoms with Crippen molar-refractivity contribution in [3.63, 3.8) is 0 Å². The van der Waals surface area contributed by atoms with Crippen LogP contribution in [0, 0.1) is 5.92 Å². The van der Waals surface area contributed by atoms with Crippen LogP contribution in [0.5, 0.6) is 0 Å². The molecule has 2 N–H and O–H groups in total. The molecule has 0 heterocycles. The second-order valence-electron chi connectivity index (χ2n) is 5.31. The quantitative estimate of drug-likeness (QED) is 0.312. The van der Waals surface area contributed by atoms with Crippen molar-refractivity contribution in [2.24, 2.45) is 5.92 Å². The fourth-order valence-corrected chi connectivity index (χ4v) is 2.77.